The van der Waals surface area contributed by atoms with Gasteiger partial charge in [0.2, 0.25) is 0 Å². The van der Waals surface area contributed by atoms with Crippen molar-refractivity contribution in [1.29, 1.82) is 0 Å². The van der Waals surface area contributed by atoms with Gasteiger partial charge in [0, 0.05) is 35.7 Å². The number of carboxylic acids is 1. The highest BCUT2D eigenvalue weighted by Gasteiger charge is 2.24. The van der Waals surface area contributed by atoms with Crippen LogP contribution in [-0.4, -0.2) is 48.8 Å². The molecule has 1 unspecified atom stereocenters. The van der Waals surface area contributed by atoms with Gasteiger partial charge in [0.05, 0.1) is 12.5 Å². The molecule has 1 aliphatic rings. The summed E-state index contributed by atoms with van der Waals surface area (Å²) in [5, 5.41) is 10.6. The van der Waals surface area contributed by atoms with E-state index < -0.39 is 5.97 Å². The van der Waals surface area contributed by atoms with Crippen LogP contribution in [-0.2, 0) is 9.53 Å². The molecule has 4 nitrogen and oxygen atoms in total. The topological polar surface area (TPSA) is 49.8 Å². The van der Waals surface area contributed by atoms with Crippen LogP contribution in [0.25, 0.3) is 0 Å². The fourth-order valence-electron chi connectivity index (χ4n) is 3.87. The van der Waals surface area contributed by atoms with E-state index >= 15 is 0 Å². The lowest BCUT2D eigenvalue weighted by Gasteiger charge is -2.30. The average molecular weight is 436 g/mol. The molecule has 0 amide bonds. The number of nitrogens with zero attached hydrogens (tertiary/aromatic N) is 1. The van der Waals surface area contributed by atoms with Gasteiger partial charge in [0.1, 0.15) is 0 Å². The summed E-state index contributed by atoms with van der Waals surface area (Å²) in [7, 11) is 0. The van der Waals surface area contributed by atoms with Crippen molar-refractivity contribution in [3.8, 4) is 0 Å². The number of piperidine rings is 1. The van der Waals surface area contributed by atoms with E-state index in [0.29, 0.717) is 19.8 Å². The molecule has 156 valence electrons. The first-order valence-corrected chi connectivity index (χ1v) is 10.8. The summed E-state index contributed by atoms with van der Waals surface area (Å²) < 4.78 is 5.91. The maximum absolute atomic E-state index is 11.2. The minimum atomic E-state index is -0.690. The molecule has 0 spiro atoms. The van der Waals surface area contributed by atoms with Gasteiger partial charge >= 0.3 is 5.97 Å². The number of carboxylic acid groups (broad SMARTS) is 1. The Hall–Kier alpha value is -1.59. The van der Waals surface area contributed by atoms with Gasteiger partial charge in [0.25, 0.3) is 0 Å². The van der Waals surface area contributed by atoms with Crippen LogP contribution >= 0.6 is 23.2 Å². The van der Waals surface area contributed by atoms with Crippen molar-refractivity contribution in [2.24, 2.45) is 5.92 Å². The lowest BCUT2D eigenvalue weighted by atomic mass is 9.89. The molecule has 0 aliphatic carbocycles. The second kappa shape index (κ2) is 11.0. The van der Waals surface area contributed by atoms with Crippen LogP contribution in [0.4, 0.5) is 0 Å². The molecular formula is C23H27Cl2NO3. The van der Waals surface area contributed by atoms with Gasteiger partial charge in [0.15, 0.2) is 0 Å². The number of halogens is 2. The van der Waals surface area contributed by atoms with Crippen molar-refractivity contribution < 1.29 is 14.6 Å². The molecule has 6 heteroatoms. The van der Waals surface area contributed by atoms with E-state index in [-0.39, 0.29) is 11.8 Å². The summed E-state index contributed by atoms with van der Waals surface area (Å²) in [5.74, 6) is -0.733. The maximum Gasteiger partial charge on any atom is 0.307 e. The lowest BCUT2D eigenvalue weighted by Crippen LogP contribution is -2.40. The summed E-state index contributed by atoms with van der Waals surface area (Å²) in [6.07, 6.45) is 2.56. The molecule has 1 atom stereocenters. The molecule has 1 N–H and O–H groups in total. The Balaban J connectivity index is 1.51. The van der Waals surface area contributed by atoms with Crippen LogP contribution in [0, 0.1) is 5.92 Å². The minimum absolute atomic E-state index is 0.205. The number of ether oxygens (including phenoxy) is 1. The first-order chi connectivity index (χ1) is 14.0. The van der Waals surface area contributed by atoms with Crippen molar-refractivity contribution in [3.63, 3.8) is 0 Å². The molecule has 29 heavy (non-hydrogen) atoms. The third kappa shape index (κ3) is 6.71. The number of rotatable bonds is 9. The number of likely N-dealkylation sites (tertiary alicyclic amines) is 1. The number of carbonyl (C=O) groups is 1. The van der Waals surface area contributed by atoms with Crippen molar-refractivity contribution in [3.05, 3.63) is 69.7 Å². The predicted molar refractivity (Wildman–Crippen MR) is 117 cm³/mol. The molecule has 3 rings (SSSR count). The Morgan fingerprint density at radius 2 is 1.62 bits per heavy atom. The number of hydrogen-bond acceptors (Lipinski definition) is 3. The van der Waals surface area contributed by atoms with Crippen LogP contribution in [0.3, 0.4) is 0 Å². The summed E-state index contributed by atoms with van der Waals surface area (Å²) in [4.78, 5) is 13.4. The van der Waals surface area contributed by atoms with E-state index in [4.69, 9.17) is 27.9 Å². The van der Waals surface area contributed by atoms with Crippen LogP contribution < -0.4 is 0 Å². The van der Waals surface area contributed by atoms with E-state index in [9.17, 15) is 9.90 Å². The molecule has 1 aliphatic heterocycles. The van der Waals surface area contributed by atoms with Gasteiger partial charge in [-0.1, -0.05) is 47.5 Å². The zero-order chi connectivity index (χ0) is 20.6. The third-order valence-corrected chi connectivity index (χ3v) is 6.01. The Morgan fingerprint density at radius 1 is 1.03 bits per heavy atom. The molecule has 0 bridgehead atoms. The standard InChI is InChI=1S/C23H27Cl2NO3/c24-20-7-3-17(4-8-20)22(18-5-9-21(25)10-6-18)11-14-29-15-13-26-12-1-2-19(16-26)23(27)28/h3-10,19,22H,1-2,11-16H2,(H,27,28). The Bertz CT molecular complexity index is 734. The minimum Gasteiger partial charge on any atom is -0.481 e. The second-order valence-electron chi connectivity index (χ2n) is 7.53. The monoisotopic (exact) mass is 435 g/mol. The zero-order valence-electron chi connectivity index (χ0n) is 16.4. The summed E-state index contributed by atoms with van der Waals surface area (Å²) in [5.41, 5.74) is 2.39. The molecule has 1 heterocycles. The van der Waals surface area contributed by atoms with Gasteiger partial charge in [-0.2, -0.15) is 0 Å². The van der Waals surface area contributed by atoms with Crippen LogP contribution in [0.15, 0.2) is 48.5 Å². The van der Waals surface area contributed by atoms with Crippen molar-refractivity contribution in [2.75, 3.05) is 32.8 Å². The lowest BCUT2D eigenvalue weighted by molar-refractivity contribution is -0.143. The highest BCUT2D eigenvalue weighted by molar-refractivity contribution is 6.30. The fraction of sp³-hybridized carbons (Fsp3) is 0.435. The van der Waals surface area contributed by atoms with Gasteiger partial charge in [-0.15, -0.1) is 0 Å². The molecule has 0 aromatic heterocycles. The molecule has 0 radical (unpaired) electrons. The van der Waals surface area contributed by atoms with E-state index in [1.54, 1.807) is 0 Å². The van der Waals surface area contributed by atoms with E-state index in [2.05, 4.69) is 29.2 Å². The second-order valence-corrected chi connectivity index (χ2v) is 8.41. The van der Waals surface area contributed by atoms with Crippen LogP contribution in [0.5, 0.6) is 0 Å². The first-order valence-electron chi connectivity index (χ1n) is 10.1. The normalized spacial score (nSPS) is 17.6. The maximum atomic E-state index is 11.2. The molecule has 2 aromatic rings. The first kappa shape index (κ1) is 22.1. The van der Waals surface area contributed by atoms with Gasteiger partial charge in [-0.3, -0.25) is 4.79 Å². The van der Waals surface area contributed by atoms with Crippen LogP contribution in [0.1, 0.15) is 36.3 Å². The molecular weight excluding hydrogens is 409 g/mol. The van der Waals surface area contributed by atoms with Gasteiger partial charge < -0.3 is 14.7 Å². The van der Waals surface area contributed by atoms with E-state index in [1.165, 1.54) is 11.1 Å². The highest BCUT2D eigenvalue weighted by Crippen LogP contribution is 2.30. The predicted octanol–water partition coefficient (Wildman–Crippen LogP) is 5.33. The van der Waals surface area contributed by atoms with E-state index in [0.717, 1.165) is 42.4 Å². The van der Waals surface area contributed by atoms with E-state index in [1.807, 2.05) is 24.3 Å². The Morgan fingerprint density at radius 3 is 2.17 bits per heavy atom. The van der Waals surface area contributed by atoms with Crippen molar-refractivity contribution in [1.82, 2.24) is 4.90 Å². The van der Waals surface area contributed by atoms with Crippen LogP contribution in [0.2, 0.25) is 10.0 Å². The highest BCUT2D eigenvalue weighted by atomic mass is 35.5. The molecule has 2 aromatic carbocycles. The number of hydrogen-bond donors (Lipinski definition) is 1. The number of aliphatic carboxylic acids is 1. The Kier molecular flexibility index (Phi) is 8.37. The molecule has 1 saturated heterocycles. The summed E-state index contributed by atoms with van der Waals surface area (Å²) in [6.45, 7) is 3.59. The van der Waals surface area contributed by atoms with Crippen molar-refractivity contribution >= 4 is 29.2 Å². The largest absolute Gasteiger partial charge is 0.481 e. The fourth-order valence-corrected chi connectivity index (χ4v) is 4.13. The molecule has 1 fully saturated rings. The van der Waals surface area contributed by atoms with Gasteiger partial charge in [-0.05, 0) is 61.2 Å². The SMILES string of the molecule is O=C(O)C1CCCN(CCOCCC(c2ccc(Cl)cc2)c2ccc(Cl)cc2)C1. The summed E-state index contributed by atoms with van der Waals surface area (Å²) >= 11 is 12.1. The number of benzene rings is 2. The quantitative estimate of drug-likeness (QED) is 0.540. The third-order valence-electron chi connectivity index (χ3n) is 5.50. The Labute approximate surface area is 182 Å². The van der Waals surface area contributed by atoms with Crippen molar-refractivity contribution in [2.45, 2.75) is 25.2 Å². The average Bonchev–Trinajstić information content (AvgIpc) is 2.73. The van der Waals surface area contributed by atoms with Gasteiger partial charge in [-0.25, -0.2) is 0 Å². The molecule has 0 saturated carbocycles. The smallest absolute Gasteiger partial charge is 0.307 e. The summed E-state index contributed by atoms with van der Waals surface area (Å²) in [6, 6.07) is 15.9. The zero-order valence-corrected chi connectivity index (χ0v) is 17.9.